The van der Waals surface area contributed by atoms with Gasteiger partial charge in [-0.25, -0.2) is 0 Å². The number of thioether (sulfide) groups is 1. The number of esters is 1. The minimum Gasteiger partial charge on any atom is -0.497 e. The largest absolute Gasteiger partial charge is 0.497 e. The van der Waals surface area contributed by atoms with Crippen LogP contribution in [0.1, 0.15) is 18.9 Å². The summed E-state index contributed by atoms with van der Waals surface area (Å²) in [6.45, 7) is 2.03. The molecule has 4 heteroatoms. The topological polar surface area (TPSA) is 35.5 Å². The van der Waals surface area contributed by atoms with Gasteiger partial charge in [0.05, 0.1) is 20.6 Å². The number of carbonyl (C=O) groups excluding carboxylic acids is 1. The van der Waals surface area contributed by atoms with Crippen LogP contribution in [0.15, 0.2) is 24.3 Å². The van der Waals surface area contributed by atoms with Crippen molar-refractivity contribution in [1.29, 1.82) is 0 Å². The van der Waals surface area contributed by atoms with E-state index in [-0.39, 0.29) is 11.2 Å². The summed E-state index contributed by atoms with van der Waals surface area (Å²) in [5.74, 6) is 1.60. The highest BCUT2D eigenvalue weighted by Crippen LogP contribution is 2.21. The van der Waals surface area contributed by atoms with E-state index in [9.17, 15) is 4.79 Å². The van der Waals surface area contributed by atoms with Crippen molar-refractivity contribution >= 4 is 17.7 Å². The fraction of sp³-hybridized carbons (Fsp3) is 0.462. The molecule has 0 aliphatic carbocycles. The predicted octanol–water partition coefficient (Wildman–Crippen LogP) is 2.88. The fourth-order valence-corrected chi connectivity index (χ4v) is 2.26. The third kappa shape index (κ3) is 5.13. The Morgan fingerprint density at radius 2 is 1.94 bits per heavy atom. The first kappa shape index (κ1) is 13.9. The van der Waals surface area contributed by atoms with E-state index in [1.807, 2.05) is 31.2 Å². The molecule has 0 radical (unpaired) electrons. The van der Waals surface area contributed by atoms with Crippen LogP contribution < -0.4 is 4.74 Å². The maximum absolute atomic E-state index is 11.1. The van der Waals surface area contributed by atoms with Crippen LogP contribution in [0, 0.1) is 0 Å². The molecule has 0 fully saturated rings. The van der Waals surface area contributed by atoms with E-state index in [0.717, 1.165) is 11.5 Å². The van der Waals surface area contributed by atoms with Crippen molar-refractivity contribution in [1.82, 2.24) is 0 Å². The normalized spacial score (nSPS) is 11.9. The van der Waals surface area contributed by atoms with Gasteiger partial charge < -0.3 is 9.47 Å². The highest BCUT2D eigenvalue weighted by Gasteiger charge is 2.09. The third-order valence-corrected chi connectivity index (χ3v) is 3.61. The zero-order valence-corrected chi connectivity index (χ0v) is 11.3. The van der Waals surface area contributed by atoms with Crippen LogP contribution in [0.25, 0.3) is 0 Å². The Morgan fingerprint density at radius 3 is 2.47 bits per heavy atom. The molecule has 17 heavy (non-hydrogen) atoms. The first-order valence-corrected chi connectivity index (χ1v) is 6.52. The Balaban J connectivity index is 2.36. The summed E-state index contributed by atoms with van der Waals surface area (Å²) in [5, 5.41) is 0.268. The smallest absolute Gasteiger partial charge is 0.306 e. The van der Waals surface area contributed by atoms with Gasteiger partial charge in [-0.15, -0.1) is 0 Å². The number of rotatable bonds is 6. The molecule has 1 rings (SSSR count). The molecule has 1 atom stereocenters. The Morgan fingerprint density at radius 1 is 1.29 bits per heavy atom. The van der Waals surface area contributed by atoms with E-state index in [4.69, 9.17) is 4.74 Å². The maximum Gasteiger partial charge on any atom is 0.306 e. The lowest BCUT2D eigenvalue weighted by atomic mass is 10.2. The van der Waals surface area contributed by atoms with Gasteiger partial charge >= 0.3 is 5.97 Å². The molecule has 0 amide bonds. The van der Waals surface area contributed by atoms with E-state index in [2.05, 4.69) is 4.74 Å². The van der Waals surface area contributed by atoms with Gasteiger partial charge in [0.2, 0.25) is 0 Å². The Labute approximate surface area is 106 Å². The van der Waals surface area contributed by atoms with Gasteiger partial charge in [-0.3, -0.25) is 4.79 Å². The number of benzene rings is 1. The summed E-state index contributed by atoms with van der Waals surface area (Å²) in [6.07, 6.45) is 0.456. The lowest BCUT2D eigenvalue weighted by Gasteiger charge is -2.09. The second kappa shape index (κ2) is 7.22. The molecule has 0 bridgehead atoms. The fourth-order valence-electron chi connectivity index (χ4n) is 1.34. The number of hydrogen-bond donors (Lipinski definition) is 0. The highest BCUT2D eigenvalue weighted by molar-refractivity contribution is 7.99. The summed E-state index contributed by atoms with van der Waals surface area (Å²) >= 11 is 1.75. The molecule has 1 aromatic rings. The first-order valence-electron chi connectivity index (χ1n) is 5.47. The van der Waals surface area contributed by atoms with Gasteiger partial charge in [-0.2, -0.15) is 11.8 Å². The van der Waals surface area contributed by atoms with Crippen molar-refractivity contribution in [3.63, 3.8) is 0 Å². The molecule has 0 spiro atoms. The summed E-state index contributed by atoms with van der Waals surface area (Å²) in [5.41, 5.74) is 1.23. The van der Waals surface area contributed by atoms with E-state index >= 15 is 0 Å². The molecule has 0 saturated carbocycles. The van der Waals surface area contributed by atoms with Crippen LogP contribution in [0.4, 0.5) is 0 Å². The average Bonchev–Trinajstić information content (AvgIpc) is 2.36. The second-order valence-corrected chi connectivity index (χ2v) is 5.18. The molecule has 1 aromatic carbocycles. The molecule has 0 aromatic heterocycles. The molecule has 3 nitrogen and oxygen atoms in total. The molecule has 0 heterocycles. The van der Waals surface area contributed by atoms with E-state index in [1.54, 1.807) is 18.9 Å². The van der Waals surface area contributed by atoms with Crippen LogP contribution in [-0.4, -0.2) is 25.4 Å². The van der Waals surface area contributed by atoms with Gasteiger partial charge in [-0.1, -0.05) is 19.1 Å². The average molecular weight is 254 g/mol. The molecule has 94 valence electrons. The standard InChI is InChI=1S/C13H18O3S/c1-10(8-13(14)16-3)17-9-11-4-6-12(15-2)7-5-11/h4-7,10H,8-9H2,1-3H3. The number of hydrogen-bond acceptors (Lipinski definition) is 4. The quantitative estimate of drug-likeness (QED) is 0.731. The molecule has 0 aliphatic heterocycles. The SMILES string of the molecule is COC(=O)CC(C)SCc1ccc(OC)cc1. The van der Waals surface area contributed by atoms with Gasteiger partial charge in [0.15, 0.2) is 0 Å². The summed E-state index contributed by atoms with van der Waals surface area (Å²) in [7, 11) is 3.07. The zero-order chi connectivity index (χ0) is 12.7. The minimum atomic E-state index is -0.153. The molecule has 0 saturated heterocycles. The molecule has 0 N–H and O–H groups in total. The predicted molar refractivity (Wildman–Crippen MR) is 70.4 cm³/mol. The monoisotopic (exact) mass is 254 g/mol. The van der Waals surface area contributed by atoms with Crippen LogP contribution in [0.2, 0.25) is 0 Å². The van der Waals surface area contributed by atoms with E-state index in [1.165, 1.54) is 12.7 Å². The first-order chi connectivity index (χ1) is 8.15. The van der Waals surface area contributed by atoms with Gasteiger partial charge in [0, 0.05) is 11.0 Å². The van der Waals surface area contributed by atoms with E-state index < -0.39 is 0 Å². The van der Waals surface area contributed by atoms with Crippen molar-refractivity contribution in [3.8, 4) is 5.75 Å². The number of ether oxygens (including phenoxy) is 2. The number of carbonyl (C=O) groups is 1. The second-order valence-electron chi connectivity index (χ2n) is 3.75. The lowest BCUT2D eigenvalue weighted by Crippen LogP contribution is -2.08. The Kier molecular flexibility index (Phi) is 5.91. The maximum atomic E-state index is 11.1. The van der Waals surface area contributed by atoms with Crippen molar-refractivity contribution in [2.24, 2.45) is 0 Å². The lowest BCUT2D eigenvalue weighted by molar-refractivity contribution is -0.140. The van der Waals surface area contributed by atoms with Gasteiger partial charge in [0.1, 0.15) is 5.75 Å². The highest BCUT2D eigenvalue weighted by atomic mass is 32.2. The van der Waals surface area contributed by atoms with E-state index in [0.29, 0.717) is 6.42 Å². The van der Waals surface area contributed by atoms with Crippen LogP contribution in [0.5, 0.6) is 5.75 Å². The van der Waals surface area contributed by atoms with Gasteiger partial charge in [-0.05, 0) is 17.7 Å². The molecular weight excluding hydrogens is 236 g/mol. The summed E-state index contributed by atoms with van der Waals surface area (Å²) in [4.78, 5) is 11.1. The summed E-state index contributed by atoms with van der Waals surface area (Å²) in [6, 6.07) is 7.97. The van der Waals surface area contributed by atoms with Crippen molar-refractivity contribution in [2.75, 3.05) is 14.2 Å². The van der Waals surface area contributed by atoms with Crippen LogP contribution in [0.3, 0.4) is 0 Å². The third-order valence-electron chi connectivity index (χ3n) is 2.38. The van der Waals surface area contributed by atoms with Gasteiger partial charge in [0.25, 0.3) is 0 Å². The molecule has 0 aliphatic rings. The molecule has 1 unspecified atom stereocenters. The Hall–Kier alpha value is -1.16. The zero-order valence-electron chi connectivity index (χ0n) is 10.4. The Bertz CT molecular complexity index is 348. The van der Waals surface area contributed by atoms with Crippen molar-refractivity contribution < 1.29 is 14.3 Å². The van der Waals surface area contributed by atoms with Crippen molar-refractivity contribution in [2.45, 2.75) is 24.3 Å². The summed E-state index contributed by atoms with van der Waals surface area (Å²) < 4.78 is 9.73. The minimum absolute atomic E-state index is 0.153. The number of methoxy groups -OCH3 is 2. The van der Waals surface area contributed by atoms with Crippen molar-refractivity contribution in [3.05, 3.63) is 29.8 Å². The van der Waals surface area contributed by atoms with Crippen LogP contribution >= 0.6 is 11.8 Å². The molecular formula is C13H18O3S. The van der Waals surface area contributed by atoms with Crippen LogP contribution in [-0.2, 0) is 15.3 Å².